The first kappa shape index (κ1) is 15.7. The normalized spacial score (nSPS) is 11.4. The van der Waals surface area contributed by atoms with E-state index in [2.05, 4.69) is 14.5 Å². The number of nitrogens with zero attached hydrogens (tertiary/aromatic N) is 3. The van der Waals surface area contributed by atoms with Crippen molar-refractivity contribution in [3.8, 4) is 0 Å². The molecule has 0 spiro atoms. The first-order valence-electron chi connectivity index (χ1n) is 7.37. The van der Waals surface area contributed by atoms with Gasteiger partial charge in [0.15, 0.2) is 5.82 Å². The van der Waals surface area contributed by atoms with Crippen molar-refractivity contribution in [1.82, 2.24) is 14.5 Å². The molecule has 0 saturated carbocycles. The lowest BCUT2D eigenvalue weighted by Gasteiger charge is -2.11. The number of hydrogen-bond acceptors (Lipinski definition) is 5. The van der Waals surface area contributed by atoms with Crippen molar-refractivity contribution < 1.29 is 9.47 Å². The van der Waals surface area contributed by atoms with E-state index < -0.39 is 0 Å². The van der Waals surface area contributed by atoms with Crippen molar-refractivity contribution in [3.63, 3.8) is 0 Å². The number of hydrogen-bond donors (Lipinski definition) is 1. The van der Waals surface area contributed by atoms with Gasteiger partial charge in [0.25, 0.3) is 0 Å². The Bertz CT molecular complexity index is 622. The lowest BCUT2D eigenvalue weighted by Crippen LogP contribution is -2.11. The van der Waals surface area contributed by atoms with E-state index in [1.807, 2.05) is 27.7 Å². The molecule has 0 fully saturated rings. The van der Waals surface area contributed by atoms with Crippen LogP contribution in [-0.2, 0) is 22.6 Å². The van der Waals surface area contributed by atoms with Gasteiger partial charge in [0.1, 0.15) is 17.9 Å². The molecule has 0 aliphatic rings. The zero-order valence-electron chi connectivity index (χ0n) is 13.3. The van der Waals surface area contributed by atoms with Gasteiger partial charge in [0, 0.05) is 25.5 Å². The third-order valence-corrected chi connectivity index (χ3v) is 3.57. The molecule has 21 heavy (non-hydrogen) atoms. The molecular weight excluding hydrogens is 268 g/mol. The van der Waals surface area contributed by atoms with Gasteiger partial charge < -0.3 is 19.8 Å². The fourth-order valence-corrected chi connectivity index (χ4v) is 2.39. The molecule has 0 unspecified atom stereocenters. The Labute approximate surface area is 125 Å². The Balaban J connectivity index is 2.52. The van der Waals surface area contributed by atoms with E-state index in [0.29, 0.717) is 32.2 Å². The monoisotopic (exact) mass is 292 g/mol. The molecule has 2 heterocycles. The summed E-state index contributed by atoms with van der Waals surface area (Å²) < 4.78 is 13.1. The minimum absolute atomic E-state index is 0.467. The largest absolute Gasteiger partial charge is 0.382 e. The minimum Gasteiger partial charge on any atom is -0.382 e. The SMILES string of the molecule is CCOCCn1c(COCC)nc2c(N)nc(C)c(C)c21. The predicted molar refractivity (Wildman–Crippen MR) is 83.2 cm³/mol. The standard InChI is InChI=1S/C15H24N4O2/c1-5-20-8-7-19-12(9-21-6-2)18-13-14(19)10(3)11(4)17-15(13)16/h5-9H2,1-4H3,(H2,16,17). The Morgan fingerprint density at radius 2 is 1.81 bits per heavy atom. The molecule has 0 saturated heterocycles. The zero-order chi connectivity index (χ0) is 15.4. The number of nitrogen functional groups attached to an aromatic ring is 1. The smallest absolute Gasteiger partial charge is 0.151 e. The molecule has 116 valence electrons. The number of ether oxygens (including phenoxy) is 2. The molecule has 2 aromatic heterocycles. The second-order valence-corrected chi connectivity index (χ2v) is 4.92. The van der Waals surface area contributed by atoms with E-state index in [1.165, 1.54) is 0 Å². The van der Waals surface area contributed by atoms with E-state index in [0.717, 1.165) is 34.7 Å². The number of rotatable bonds is 7. The van der Waals surface area contributed by atoms with Crippen LogP contribution in [0.15, 0.2) is 0 Å². The van der Waals surface area contributed by atoms with Gasteiger partial charge in [-0.05, 0) is 33.3 Å². The average Bonchev–Trinajstić information content (AvgIpc) is 2.82. The van der Waals surface area contributed by atoms with Crippen molar-refractivity contribution in [1.29, 1.82) is 0 Å². The minimum atomic E-state index is 0.467. The zero-order valence-corrected chi connectivity index (χ0v) is 13.3. The van der Waals surface area contributed by atoms with Crippen molar-refractivity contribution in [2.45, 2.75) is 40.8 Å². The third kappa shape index (κ3) is 3.16. The van der Waals surface area contributed by atoms with Crippen LogP contribution < -0.4 is 5.73 Å². The van der Waals surface area contributed by atoms with E-state index in [4.69, 9.17) is 15.2 Å². The van der Waals surface area contributed by atoms with Crippen molar-refractivity contribution >= 4 is 16.9 Å². The number of pyridine rings is 1. The Hall–Kier alpha value is -1.66. The molecule has 0 radical (unpaired) electrons. The summed E-state index contributed by atoms with van der Waals surface area (Å²) in [6.45, 7) is 11.2. The number of fused-ring (bicyclic) bond motifs is 1. The number of imidazole rings is 1. The average molecular weight is 292 g/mol. The Kier molecular flexibility index (Phi) is 5.14. The highest BCUT2D eigenvalue weighted by atomic mass is 16.5. The summed E-state index contributed by atoms with van der Waals surface area (Å²) >= 11 is 0. The van der Waals surface area contributed by atoms with Crippen LogP contribution in [0.4, 0.5) is 5.82 Å². The van der Waals surface area contributed by atoms with Crippen LogP contribution in [-0.4, -0.2) is 34.4 Å². The molecule has 0 aromatic carbocycles. The summed E-state index contributed by atoms with van der Waals surface area (Å²) in [5, 5.41) is 0. The van der Waals surface area contributed by atoms with Crippen LogP contribution in [0, 0.1) is 13.8 Å². The van der Waals surface area contributed by atoms with Crippen LogP contribution in [0.25, 0.3) is 11.0 Å². The van der Waals surface area contributed by atoms with Crippen LogP contribution in [0.1, 0.15) is 30.9 Å². The highest BCUT2D eigenvalue weighted by molar-refractivity contribution is 5.88. The van der Waals surface area contributed by atoms with Crippen molar-refractivity contribution in [2.75, 3.05) is 25.6 Å². The molecule has 2 aromatic rings. The number of aryl methyl sites for hydroxylation is 2. The first-order chi connectivity index (χ1) is 10.1. The number of aromatic nitrogens is 3. The number of anilines is 1. The summed E-state index contributed by atoms with van der Waals surface area (Å²) in [6, 6.07) is 0. The van der Waals surface area contributed by atoms with Crippen LogP contribution in [0.5, 0.6) is 0 Å². The van der Waals surface area contributed by atoms with Gasteiger partial charge in [-0.3, -0.25) is 0 Å². The molecule has 0 amide bonds. The molecule has 0 aliphatic heterocycles. The van der Waals surface area contributed by atoms with Crippen molar-refractivity contribution in [3.05, 3.63) is 17.1 Å². The van der Waals surface area contributed by atoms with Gasteiger partial charge in [-0.1, -0.05) is 0 Å². The maximum Gasteiger partial charge on any atom is 0.151 e. The maximum atomic E-state index is 6.03. The molecule has 2 N–H and O–H groups in total. The summed E-state index contributed by atoms with van der Waals surface area (Å²) in [4.78, 5) is 8.99. The van der Waals surface area contributed by atoms with Crippen LogP contribution >= 0.6 is 0 Å². The maximum absolute atomic E-state index is 6.03. The van der Waals surface area contributed by atoms with Gasteiger partial charge >= 0.3 is 0 Å². The predicted octanol–water partition coefficient (Wildman–Crippen LogP) is 2.20. The van der Waals surface area contributed by atoms with Gasteiger partial charge in [-0.15, -0.1) is 0 Å². The van der Waals surface area contributed by atoms with E-state index in [1.54, 1.807) is 0 Å². The van der Waals surface area contributed by atoms with Crippen molar-refractivity contribution in [2.24, 2.45) is 0 Å². The number of nitrogens with two attached hydrogens (primary N) is 1. The highest BCUT2D eigenvalue weighted by Gasteiger charge is 2.17. The second-order valence-electron chi connectivity index (χ2n) is 4.92. The molecule has 6 heteroatoms. The summed E-state index contributed by atoms with van der Waals surface area (Å²) in [7, 11) is 0. The lowest BCUT2D eigenvalue weighted by atomic mass is 10.2. The third-order valence-electron chi connectivity index (χ3n) is 3.57. The molecule has 2 rings (SSSR count). The molecule has 0 atom stereocenters. The molecule has 0 bridgehead atoms. The van der Waals surface area contributed by atoms with E-state index in [-0.39, 0.29) is 0 Å². The lowest BCUT2D eigenvalue weighted by molar-refractivity contribution is 0.118. The van der Waals surface area contributed by atoms with Gasteiger partial charge in [-0.25, -0.2) is 9.97 Å². The fraction of sp³-hybridized carbons (Fsp3) is 0.600. The summed E-state index contributed by atoms with van der Waals surface area (Å²) in [6.07, 6.45) is 0. The quantitative estimate of drug-likeness (QED) is 0.792. The second kappa shape index (κ2) is 6.87. The summed E-state index contributed by atoms with van der Waals surface area (Å²) in [5.41, 5.74) is 9.86. The van der Waals surface area contributed by atoms with Gasteiger partial charge in [0.05, 0.1) is 12.1 Å². The van der Waals surface area contributed by atoms with Crippen LogP contribution in [0.3, 0.4) is 0 Å². The summed E-state index contributed by atoms with van der Waals surface area (Å²) in [5.74, 6) is 1.34. The van der Waals surface area contributed by atoms with Crippen LogP contribution in [0.2, 0.25) is 0 Å². The van der Waals surface area contributed by atoms with E-state index in [9.17, 15) is 0 Å². The Morgan fingerprint density at radius 1 is 1.10 bits per heavy atom. The van der Waals surface area contributed by atoms with Gasteiger partial charge in [0.2, 0.25) is 0 Å². The molecular formula is C15H24N4O2. The topological polar surface area (TPSA) is 75.2 Å². The molecule has 0 aliphatic carbocycles. The highest BCUT2D eigenvalue weighted by Crippen LogP contribution is 2.26. The molecule has 6 nitrogen and oxygen atoms in total. The van der Waals surface area contributed by atoms with E-state index >= 15 is 0 Å². The van der Waals surface area contributed by atoms with Gasteiger partial charge in [-0.2, -0.15) is 0 Å². The Morgan fingerprint density at radius 3 is 2.48 bits per heavy atom. The first-order valence-corrected chi connectivity index (χ1v) is 7.37. The fourth-order valence-electron chi connectivity index (χ4n) is 2.39.